The number of rotatable bonds is 5. The van der Waals surface area contributed by atoms with Crippen molar-refractivity contribution in [2.24, 2.45) is 11.3 Å². The molecule has 0 spiro atoms. The molecule has 0 amide bonds. The second kappa shape index (κ2) is 5.38. The molecule has 0 fully saturated rings. The fraction of sp³-hybridized carbons (Fsp3) is 0.714. The van der Waals surface area contributed by atoms with Crippen molar-refractivity contribution >= 4 is 0 Å². The summed E-state index contributed by atoms with van der Waals surface area (Å²) in [6.45, 7) is 17.4. The molecule has 0 saturated heterocycles. The molecule has 0 radical (unpaired) electrons. The zero-order valence-corrected chi connectivity index (χ0v) is 10.8. The quantitative estimate of drug-likeness (QED) is 0.542. The highest BCUT2D eigenvalue weighted by Gasteiger charge is 2.17. The van der Waals surface area contributed by atoms with E-state index in [0.29, 0.717) is 5.41 Å². The maximum Gasteiger partial charge on any atom is -0.0293 e. The smallest absolute Gasteiger partial charge is 0.0293 e. The molecule has 0 aromatic heterocycles. The number of allylic oxidation sites excluding steroid dienone is 3. The highest BCUT2D eigenvalue weighted by atomic mass is 14.2. The van der Waals surface area contributed by atoms with Crippen molar-refractivity contribution < 1.29 is 0 Å². The van der Waals surface area contributed by atoms with Crippen LogP contribution < -0.4 is 0 Å². The van der Waals surface area contributed by atoms with E-state index in [1.807, 2.05) is 0 Å². The highest BCUT2D eigenvalue weighted by Crippen LogP contribution is 2.30. The molecule has 0 saturated carbocycles. The van der Waals surface area contributed by atoms with Crippen LogP contribution in [0.3, 0.4) is 0 Å². The van der Waals surface area contributed by atoms with E-state index in [2.05, 4.69) is 54.2 Å². The molecule has 0 unspecified atom stereocenters. The molecule has 0 nitrogen and oxygen atoms in total. The molecule has 0 heteroatoms. The molecular weight excluding hydrogens is 168 g/mol. The number of hydrogen-bond donors (Lipinski definition) is 0. The number of hydrogen-bond acceptors (Lipinski definition) is 0. The summed E-state index contributed by atoms with van der Waals surface area (Å²) in [6, 6.07) is 0. The summed E-state index contributed by atoms with van der Waals surface area (Å²) in [7, 11) is 0. The lowest BCUT2D eigenvalue weighted by molar-refractivity contribution is 0.290. The molecule has 82 valence electrons. The van der Waals surface area contributed by atoms with Crippen LogP contribution in [-0.4, -0.2) is 0 Å². The van der Waals surface area contributed by atoms with Crippen molar-refractivity contribution in [3.05, 3.63) is 23.8 Å². The SMILES string of the molecule is C=C(C)/C(C)=C/CC(C)(C)CC(C)C. The lowest BCUT2D eigenvalue weighted by atomic mass is 9.80. The Kier molecular flexibility index (Phi) is 5.18. The van der Waals surface area contributed by atoms with Crippen LogP contribution in [0.1, 0.15) is 54.4 Å². The second-order valence-corrected chi connectivity index (χ2v) is 5.63. The van der Waals surface area contributed by atoms with Crippen LogP contribution in [0.25, 0.3) is 0 Å². The van der Waals surface area contributed by atoms with Crippen LogP contribution in [0.2, 0.25) is 0 Å². The van der Waals surface area contributed by atoms with Gasteiger partial charge in [-0.05, 0) is 38.0 Å². The van der Waals surface area contributed by atoms with E-state index in [-0.39, 0.29) is 0 Å². The first-order valence-electron chi connectivity index (χ1n) is 5.57. The Balaban J connectivity index is 4.23. The average molecular weight is 194 g/mol. The van der Waals surface area contributed by atoms with E-state index in [1.54, 1.807) is 0 Å². The van der Waals surface area contributed by atoms with Gasteiger partial charge in [0, 0.05) is 0 Å². The third-order valence-corrected chi connectivity index (χ3v) is 2.59. The lowest BCUT2D eigenvalue weighted by Gasteiger charge is -2.25. The van der Waals surface area contributed by atoms with Crippen LogP contribution in [0.5, 0.6) is 0 Å². The zero-order chi connectivity index (χ0) is 11.4. The normalized spacial score (nSPS) is 13.5. The van der Waals surface area contributed by atoms with Crippen LogP contribution in [0, 0.1) is 11.3 Å². The molecular formula is C14H26. The third kappa shape index (κ3) is 6.01. The molecule has 0 aliphatic carbocycles. The fourth-order valence-electron chi connectivity index (χ4n) is 1.79. The maximum absolute atomic E-state index is 3.95. The van der Waals surface area contributed by atoms with Gasteiger partial charge in [0.05, 0.1) is 0 Å². The Labute approximate surface area is 90.1 Å². The predicted molar refractivity (Wildman–Crippen MR) is 66.4 cm³/mol. The van der Waals surface area contributed by atoms with Gasteiger partial charge in [-0.3, -0.25) is 0 Å². The van der Waals surface area contributed by atoms with Crippen LogP contribution >= 0.6 is 0 Å². The molecule has 0 aromatic rings. The predicted octanol–water partition coefficient (Wildman–Crippen LogP) is 4.97. The van der Waals surface area contributed by atoms with Crippen LogP contribution in [0.4, 0.5) is 0 Å². The molecule has 0 N–H and O–H groups in total. The topological polar surface area (TPSA) is 0 Å². The van der Waals surface area contributed by atoms with Gasteiger partial charge in [0.25, 0.3) is 0 Å². The molecule has 0 heterocycles. The van der Waals surface area contributed by atoms with Gasteiger partial charge in [-0.2, -0.15) is 0 Å². The average Bonchev–Trinajstić information content (AvgIpc) is 1.97. The van der Waals surface area contributed by atoms with Crippen molar-refractivity contribution in [1.29, 1.82) is 0 Å². The van der Waals surface area contributed by atoms with Crippen LogP contribution in [0.15, 0.2) is 23.8 Å². The van der Waals surface area contributed by atoms with Gasteiger partial charge in [0.15, 0.2) is 0 Å². The Morgan fingerprint density at radius 2 is 1.79 bits per heavy atom. The van der Waals surface area contributed by atoms with Crippen molar-refractivity contribution in [3.63, 3.8) is 0 Å². The van der Waals surface area contributed by atoms with Gasteiger partial charge in [0.1, 0.15) is 0 Å². The summed E-state index contributed by atoms with van der Waals surface area (Å²) in [6.07, 6.45) is 4.77. The van der Waals surface area contributed by atoms with Gasteiger partial charge in [-0.1, -0.05) is 51.5 Å². The fourth-order valence-corrected chi connectivity index (χ4v) is 1.79. The molecule has 14 heavy (non-hydrogen) atoms. The molecule has 0 aromatic carbocycles. The molecule has 0 aliphatic heterocycles. The van der Waals surface area contributed by atoms with E-state index in [4.69, 9.17) is 0 Å². The Hall–Kier alpha value is -0.520. The van der Waals surface area contributed by atoms with E-state index < -0.39 is 0 Å². The van der Waals surface area contributed by atoms with Gasteiger partial charge in [-0.15, -0.1) is 0 Å². The summed E-state index contributed by atoms with van der Waals surface area (Å²) in [5, 5.41) is 0. The minimum absolute atomic E-state index is 0.422. The Morgan fingerprint density at radius 1 is 1.29 bits per heavy atom. The Morgan fingerprint density at radius 3 is 2.14 bits per heavy atom. The summed E-state index contributed by atoms with van der Waals surface area (Å²) in [5.41, 5.74) is 2.94. The van der Waals surface area contributed by atoms with Gasteiger partial charge in [-0.25, -0.2) is 0 Å². The monoisotopic (exact) mass is 194 g/mol. The van der Waals surface area contributed by atoms with Gasteiger partial charge >= 0.3 is 0 Å². The highest BCUT2D eigenvalue weighted by molar-refractivity contribution is 5.23. The molecule has 0 atom stereocenters. The maximum atomic E-state index is 3.95. The zero-order valence-electron chi connectivity index (χ0n) is 10.8. The first kappa shape index (κ1) is 13.5. The molecule has 0 aliphatic rings. The minimum Gasteiger partial charge on any atom is -0.0959 e. The Bertz CT molecular complexity index is 216. The van der Waals surface area contributed by atoms with Crippen molar-refractivity contribution in [1.82, 2.24) is 0 Å². The van der Waals surface area contributed by atoms with Crippen LogP contribution in [-0.2, 0) is 0 Å². The molecule has 0 bridgehead atoms. The van der Waals surface area contributed by atoms with E-state index in [9.17, 15) is 0 Å². The van der Waals surface area contributed by atoms with Gasteiger partial charge in [0.2, 0.25) is 0 Å². The minimum atomic E-state index is 0.422. The summed E-state index contributed by atoms with van der Waals surface area (Å²) >= 11 is 0. The van der Waals surface area contributed by atoms with Crippen molar-refractivity contribution in [3.8, 4) is 0 Å². The van der Waals surface area contributed by atoms with E-state index in [0.717, 1.165) is 12.3 Å². The summed E-state index contributed by atoms with van der Waals surface area (Å²) in [5.74, 6) is 0.781. The van der Waals surface area contributed by atoms with Crippen molar-refractivity contribution in [2.75, 3.05) is 0 Å². The second-order valence-electron chi connectivity index (χ2n) is 5.63. The third-order valence-electron chi connectivity index (χ3n) is 2.59. The summed E-state index contributed by atoms with van der Waals surface area (Å²) < 4.78 is 0. The van der Waals surface area contributed by atoms with E-state index in [1.165, 1.54) is 17.6 Å². The summed E-state index contributed by atoms with van der Waals surface area (Å²) in [4.78, 5) is 0. The molecule has 0 rings (SSSR count). The van der Waals surface area contributed by atoms with E-state index >= 15 is 0 Å². The first-order chi connectivity index (χ1) is 6.24. The largest absolute Gasteiger partial charge is 0.0959 e. The lowest BCUT2D eigenvalue weighted by Crippen LogP contribution is -2.13. The van der Waals surface area contributed by atoms with Crippen molar-refractivity contribution in [2.45, 2.75) is 54.4 Å². The standard InChI is InChI=1S/C14H26/c1-11(2)10-14(6,7)9-8-13(5)12(3)4/h8,11H,3,9-10H2,1-2,4-7H3/b13-8+. The first-order valence-corrected chi connectivity index (χ1v) is 5.57. The van der Waals surface area contributed by atoms with Gasteiger partial charge < -0.3 is 0 Å².